The van der Waals surface area contributed by atoms with Gasteiger partial charge in [-0.05, 0) is 52.8 Å². The molecule has 1 aromatic heterocycles. The van der Waals surface area contributed by atoms with Gasteiger partial charge in [0.05, 0.1) is 11.6 Å². The summed E-state index contributed by atoms with van der Waals surface area (Å²) in [6, 6.07) is 4.74. The fourth-order valence-corrected chi connectivity index (χ4v) is 3.16. The zero-order valence-corrected chi connectivity index (χ0v) is 14.9. The highest BCUT2D eigenvalue weighted by molar-refractivity contribution is 7.90. The predicted octanol–water partition coefficient (Wildman–Crippen LogP) is 4.45. The summed E-state index contributed by atoms with van der Waals surface area (Å²) in [6.45, 7) is 9.26. The predicted molar refractivity (Wildman–Crippen MR) is 90.9 cm³/mol. The van der Waals surface area contributed by atoms with E-state index in [4.69, 9.17) is 11.6 Å². The van der Waals surface area contributed by atoms with E-state index in [0.29, 0.717) is 16.2 Å². The van der Waals surface area contributed by atoms with Crippen LogP contribution < -0.4 is 4.72 Å². The Labute approximate surface area is 138 Å². The standard InChI is InChI=1S/C16H20ClFN2OS/c1-9-13(18)7-6-11-8-12(15(17)19-14(9)11)10(2)20-22(21)16(3,4)5/h6-8,10,20H,1-5H3/t10-,22+/m0/s1. The summed E-state index contributed by atoms with van der Waals surface area (Å²) >= 11 is 5.03. The van der Waals surface area contributed by atoms with Gasteiger partial charge in [0.15, 0.2) is 0 Å². The molecule has 0 amide bonds. The Morgan fingerprint density at radius 2 is 2.00 bits per heavy atom. The lowest BCUT2D eigenvalue weighted by Crippen LogP contribution is -2.40. The maximum Gasteiger partial charge on any atom is 0.136 e. The molecule has 6 heteroatoms. The lowest BCUT2D eigenvalue weighted by molar-refractivity contribution is 0.531. The smallest absolute Gasteiger partial charge is 0.136 e. The summed E-state index contributed by atoms with van der Waals surface area (Å²) in [7, 11) is 0. The lowest BCUT2D eigenvalue weighted by atomic mass is 10.1. The molecule has 1 aromatic carbocycles. The van der Waals surface area contributed by atoms with Crippen LogP contribution in [0.25, 0.3) is 10.9 Å². The highest BCUT2D eigenvalue weighted by atomic mass is 35.5. The van der Waals surface area contributed by atoms with Gasteiger partial charge >= 0.3 is 0 Å². The van der Waals surface area contributed by atoms with E-state index in [1.807, 2.05) is 33.8 Å². The highest BCUT2D eigenvalue weighted by Gasteiger charge is 2.29. The van der Waals surface area contributed by atoms with Crippen molar-refractivity contribution in [3.8, 4) is 0 Å². The molecular weight excluding hydrogens is 323 g/mol. The Balaban J connectivity index is 2.40. The van der Waals surface area contributed by atoms with Crippen molar-refractivity contribution < 1.29 is 8.94 Å². The number of pyridine rings is 1. The molecule has 0 saturated heterocycles. The van der Waals surface area contributed by atoms with Gasteiger partial charge < -0.3 is 4.55 Å². The monoisotopic (exact) mass is 342 g/mol. The molecule has 0 aliphatic carbocycles. The van der Waals surface area contributed by atoms with E-state index in [0.717, 1.165) is 10.9 Å². The fourth-order valence-electron chi connectivity index (χ4n) is 2.06. The first kappa shape index (κ1) is 17.5. The minimum atomic E-state index is -1.21. The van der Waals surface area contributed by atoms with E-state index in [9.17, 15) is 8.94 Å². The Kier molecular flexibility index (Phi) is 5.02. The summed E-state index contributed by atoms with van der Waals surface area (Å²) in [5.41, 5.74) is 1.78. The number of aromatic nitrogens is 1. The molecule has 2 aromatic rings. The maximum absolute atomic E-state index is 13.6. The molecule has 0 radical (unpaired) electrons. The van der Waals surface area contributed by atoms with E-state index in [1.165, 1.54) is 6.07 Å². The first-order valence-corrected chi connectivity index (χ1v) is 8.57. The van der Waals surface area contributed by atoms with Gasteiger partial charge in [-0.1, -0.05) is 11.6 Å². The molecule has 2 atom stereocenters. The molecule has 0 fully saturated rings. The molecule has 2 rings (SSSR count). The number of aryl methyl sites for hydroxylation is 1. The summed E-state index contributed by atoms with van der Waals surface area (Å²) in [4.78, 5) is 4.31. The van der Waals surface area contributed by atoms with Gasteiger partial charge in [0.2, 0.25) is 0 Å². The second kappa shape index (κ2) is 6.32. The van der Waals surface area contributed by atoms with Crippen LogP contribution in [-0.4, -0.2) is 14.3 Å². The van der Waals surface area contributed by atoms with Crippen LogP contribution in [0.3, 0.4) is 0 Å². The Hall–Kier alpha value is -0.880. The van der Waals surface area contributed by atoms with E-state index in [-0.39, 0.29) is 16.6 Å². The van der Waals surface area contributed by atoms with Crippen molar-refractivity contribution in [3.05, 3.63) is 40.3 Å². The third-order valence-electron chi connectivity index (χ3n) is 3.46. The Morgan fingerprint density at radius 1 is 1.36 bits per heavy atom. The molecule has 3 nitrogen and oxygen atoms in total. The van der Waals surface area contributed by atoms with Crippen molar-refractivity contribution >= 4 is 33.9 Å². The van der Waals surface area contributed by atoms with E-state index < -0.39 is 11.4 Å². The van der Waals surface area contributed by atoms with Crippen LogP contribution >= 0.6 is 11.6 Å². The molecule has 1 N–H and O–H groups in total. The number of hydrogen-bond donors (Lipinski definition) is 1. The van der Waals surface area contributed by atoms with E-state index >= 15 is 0 Å². The Bertz CT molecular complexity index is 703. The third kappa shape index (κ3) is 3.54. The van der Waals surface area contributed by atoms with Crippen molar-refractivity contribution in [3.63, 3.8) is 0 Å². The van der Waals surface area contributed by atoms with Gasteiger partial charge in [-0.3, -0.25) is 0 Å². The zero-order valence-electron chi connectivity index (χ0n) is 13.3. The van der Waals surface area contributed by atoms with Gasteiger partial charge in [-0.25, -0.2) is 9.37 Å². The summed E-state index contributed by atoms with van der Waals surface area (Å²) in [6.07, 6.45) is 0. The highest BCUT2D eigenvalue weighted by Crippen LogP contribution is 2.29. The lowest BCUT2D eigenvalue weighted by Gasteiger charge is -2.26. The number of halogens is 2. The largest absolute Gasteiger partial charge is 0.598 e. The number of hydrogen-bond acceptors (Lipinski definition) is 3. The summed E-state index contributed by atoms with van der Waals surface area (Å²) in [5.74, 6) is -0.302. The van der Waals surface area contributed by atoms with Gasteiger partial charge in [-0.15, -0.1) is 4.72 Å². The van der Waals surface area contributed by atoms with E-state index in [1.54, 1.807) is 13.0 Å². The number of nitrogens with zero attached hydrogens (tertiary/aromatic N) is 1. The van der Waals surface area contributed by atoms with Crippen LogP contribution in [0.15, 0.2) is 18.2 Å². The van der Waals surface area contributed by atoms with Gasteiger partial charge in [0.25, 0.3) is 0 Å². The second-order valence-corrected chi connectivity index (χ2v) is 8.69. The molecule has 0 bridgehead atoms. The van der Waals surface area contributed by atoms with E-state index in [2.05, 4.69) is 9.71 Å². The number of rotatable bonds is 3. The van der Waals surface area contributed by atoms with Gasteiger partial charge in [0, 0.05) is 27.9 Å². The first-order valence-electron chi connectivity index (χ1n) is 7.04. The topological polar surface area (TPSA) is 48.0 Å². The average molecular weight is 343 g/mol. The van der Waals surface area contributed by atoms with Crippen molar-refractivity contribution in [1.82, 2.24) is 9.71 Å². The Morgan fingerprint density at radius 3 is 2.59 bits per heavy atom. The van der Waals surface area contributed by atoms with Crippen molar-refractivity contribution in [2.24, 2.45) is 0 Å². The summed E-state index contributed by atoms with van der Waals surface area (Å²) in [5, 5.41) is 1.11. The first-order chi connectivity index (χ1) is 10.1. The van der Waals surface area contributed by atoms with Crippen LogP contribution in [-0.2, 0) is 11.4 Å². The van der Waals surface area contributed by atoms with Crippen LogP contribution in [0.4, 0.5) is 4.39 Å². The molecule has 22 heavy (non-hydrogen) atoms. The quantitative estimate of drug-likeness (QED) is 0.662. The number of nitrogens with one attached hydrogen (secondary N) is 1. The van der Waals surface area contributed by atoms with Gasteiger partial charge in [0.1, 0.15) is 15.7 Å². The SMILES string of the molecule is Cc1c(F)ccc2cc([C@H](C)N[S@+]([O-])C(C)(C)C)c(Cl)nc12. The molecule has 0 aliphatic rings. The molecule has 120 valence electrons. The third-order valence-corrected chi connectivity index (χ3v) is 5.44. The second-order valence-electron chi connectivity index (χ2n) is 6.33. The van der Waals surface area contributed by atoms with Crippen molar-refractivity contribution in [2.45, 2.75) is 45.4 Å². The molecule has 0 spiro atoms. The fraction of sp³-hybridized carbons (Fsp3) is 0.438. The molecule has 0 aliphatic heterocycles. The van der Waals surface area contributed by atoms with Crippen molar-refractivity contribution in [2.75, 3.05) is 0 Å². The molecular formula is C16H20ClFN2OS. The normalized spacial score (nSPS) is 15.1. The molecule has 0 saturated carbocycles. The number of benzene rings is 1. The minimum absolute atomic E-state index is 0.227. The molecule has 0 unspecified atom stereocenters. The van der Waals surface area contributed by atoms with Crippen LogP contribution in [0.5, 0.6) is 0 Å². The van der Waals surface area contributed by atoms with Crippen LogP contribution in [0.2, 0.25) is 5.15 Å². The molecule has 1 heterocycles. The summed E-state index contributed by atoms with van der Waals surface area (Å²) < 4.78 is 28.5. The maximum atomic E-state index is 13.6. The average Bonchev–Trinajstić information content (AvgIpc) is 2.42. The minimum Gasteiger partial charge on any atom is -0.598 e. The van der Waals surface area contributed by atoms with Crippen LogP contribution in [0.1, 0.15) is 44.9 Å². The van der Waals surface area contributed by atoms with Crippen LogP contribution in [0, 0.1) is 12.7 Å². The van der Waals surface area contributed by atoms with Gasteiger partial charge in [-0.2, -0.15) is 0 Å². The number of fused-ring (bicyclic) bond motifs is 1. The zero-order chi connectivity index (χ0) is 16.7. The van der Waals surface area contributed by atoms with Crippen molar-refractivity contribution in [1.29, 1.82) is 0 Å².